The molecule has 4 nitrogen and oxygen atoms in total. The van der Waals surface area contributed by atoms with Crippen molar-refractivity contribution in [3.05, 3.63) is 46.4 Å². The number of fused-ring (bicyclic) bond motifs is 1. The molecule has 0 unspecified atom stereocenters. The highest BCUT2D eigenvalue weighted by molar-refractivity contribution is 6.30. The topological polar surface area (TPSA) is 46.1 Å². The largest absolute Gasteiger partial charge is 0.338 e. The summed E-state index contributed by atoms with van der Waals surface area (Å²) in [5.74, 6) is 1.58. The third-order valence-electron chi connectivity index (χ3n) is 4.58. The minimum Gasteiger partial charge on any atom is -0.338 e. The van der Waals surface area contributed by atoms with Gasteiger partial charge in [0.1, 0.15) is 5.82 Å². The number of benzene rings is 1. The predicted molar refractivity (Wildman–Crippen MR) is 89.2 cm³/mol. The average molecular weight is 328 g/mol. The van der Waals surface area contributed by atoms with Crippen LogP contribution in [0.1, 0.15) is 42.8 Å². The Hall–Kier alpha value is -1.94. The van der Waals surface area contributed by atoms with E-state index in [9.17, 15) is 4.79 Å². The van der Waals surface area contributed by atoms with Gasteiger partial charge in [0, 0.05) is 48.5 Å². The summed E-state index contributed by atoms with van der Waals surface area (Å²) in [6.07, 6.45) is 3.16. The maximum atomic E-state index is 11.8. The molecule has 2 heterocycles. The van der Waals surface area contributed by atoms with E-state index in [0.29, 0.717) is 17.5 Å². The fourth-order valence-corrected chi connectivity index (χ4v) is 3.20. The van der Waals surface area contributed by atoms with Crippen LogP contribution in [0.25, 0.3) is 11.3 Å². The highest BCUT2D eigenvalue weighted by Gasteiger charge is 2.30. The second-order valence-electron chi connectivity index (χ2n) is 6.33. The lowest BCUT2D eigenvalue weighted by Crippen LogP contribution is -2.35. The Morgan fingerprint density at radius 3 is 2.61 bits per heavy atom. The van der Waals surface area contributed by atoms with Gasteiger partial charge in [-0.15, -0.1) is 0 Å². The summed E-state index contributed by atoms with van der Waals surface area (Å²) in [6.45, 7) is 2.95. The summed E-state index contributed by atoms with van der Waals surface area (Å²) in [4.78, 5) is 23.3. The van der Waals surface area contributed by atoms with Crippen molar-refractivity contribution in [3.8, 4) is 11.3 Å². The van der Waals surface area contributed by atoms with Crippen molar-refractivity contribution >= 4 is 17.5 Å². The van der Waals surface area contributed by atoms with E-state index in [-0.39, 0.29) is 5.91 Å². The zero-order chi connectivity index (χ0) is 16.0. The second-order valence-corrected chi connectivity index (χ2v) is 6.76. The number of nitrogens with zero attached hydrogens (tertiary/aromatic N) is 3. The Morgan fingerprint density at radius 1 is 1.22 bits per heavy atom. The molecule has 1 aromatic carbocycles. The van der Waals surface area contributed by atoms with Crippen LogP contribution < -0.4 is 0 Å². The first-order chi connectivity index (χ1) is 11.1. The smallest absolute Gasteiger partial charge is 0.219 e. The van der Waals surface area contributed by atoms with E-state index in [1.165, 1.54) is 12.8 Å². The van der Waals surface area contributed by atoms with E-state index in [4.69, 9.17) is 21.6 Å². The first-order valence-electron chi connectivity index (χ1n) is 8.03. The number of hydrogen-bond donors (Lipinski definition) is 0. The lowest BCUT2D eigenvalue weighted by molar-refractivity contribution is -0.129. The van der Waals surface area contributed by atoms with Gasteiger partial charge in [-0.1, -0.05) is 23.7 Å². The minimum absolute atomic E-state index is 0.101. The quantitative estimate of drug-likeness (QED) is 0.847. The van der Waals surface area contributed by atoms with Crippen LogP contribution >= 0.6 is 11.6 Å². The van der Waals surface area contributed by atoms with E-state index in [2.05, 4.69) is 0 Å². The van der Waals surface area contributed by atoms with Crippen molar-refractivity contribution in [1.82, 2.24) is 14.9 Å². The van der Waals surface area contributed by atoms with E-state index in [1.807, 2.05) is 29.2 Å². The van der Waals surface area contributed by atoms with Gasteiger partial charge < -0.3 is 4.90 Å². The lowest BCUT2D eigenvalue weighted by atomic mass is 9.99. The second kappa shape index (κ2) is 5.60. The summed E-state index contributed by atoms with van der Waals surface area (Å²) in [5.41, 5.74) is 4.18. The first kappa shape index (κ1) is 14.6. The van der Waals surface area contributed by atoms with Crippen LogP contribution in [0.2, 0.25) is 5.02 Å². The van der Waals surface area contributed by atoms with Crippen LogP contribution in [0, 0.1) is 0 Å². The number of amides is 1. The zero-order valence-corrected chi connectivity index (χ0v) is 13.8. The van der Waals surface area contributed by atoms with Gasteiger partial charge in [-0.3, -0.25) is 4.79 Å². The molecule has 0 saturated heterocycles. The molecule has 0 N–H and O–H groups in total. The van der Waals surface area contributed by atoms with Gasteiger partial charge in [0.25, 0.3) is 0 Å². The van der Waals surface area contributed by atoms with Crippen LogP contribution in [-0.2, 0) is 17.8 Å². The van der Waals surface area contributed by atoms with Crippen LogP contribution in [0.4, 0.5) is 0 Å². The summed E-state index contributed by atoms with van der Waals surface area (Å²) in [6, 6.07) is 7.75. The molecule has 1 aliphatic heterocycles. The van der Waals surface area contributed by atoms with Crippen molar-refractivity contribution in [3.63, 3.8) is 0 Å². The average Bonchev–Trinajstić information content (AvgIpc) is 3.39. The molecule has 4 rings (SSSR count). The SMILES string of the molecule is CC(=O)N1CCc2nc(C3CC3)nc(-c3ccc(Cl)cc3)c2C1. The molecular formula is C18H18ClN3O. The Morgan fingerprint density at radius 2 is 1.96 bits per heavy atom. The molecule has 0 bridgehead atoms. The van der Waals surface area contributed by atoms with Crippen molar-refractivity contribution in [2.75, 3.05) is 6.54 Å². The molecule has 1 amide bonds. The zero-order valence-electron chi connectivity index (χ0n) is 13.1. The molecule has 1 saturated carbocycles. The molecule has 0 atom stereocenters. The Labute approximate surface area is 140 Å². The molecule has 1 aliphatic carbocycles. The Bertz CT molecular complexity index is 769. The van der Waals surface area contributed by atoms with Gasteiger partial charge in [0.05, 0.1) is 11.4 Å². The number of carbonyl (C=O) groups is 1. The summed E-state index contributed by atoms with van der Waals surface area (Å²) < 4.78 is 0. The normalized spacial score (nSPS) is 17.0. The lowest BCUT2D eigenvalue weighted by Gasteiger charge is -2.29. The van der Waals surface area contributed by atoms with Crippen molar-refractivity contribution in [2.45, 2.75) is 38.6 Å². The third-order valence-corrected chi connectivity index (χ3v) is 4.84. The van der Waals surface area contributed by atoms with Crippen LogP contribution in [0.3, 0.4) is 0 Å². The molecule has 5 heteroatoms. The van der Waals surface area contributed by atoms with Gasteiger partial charge in [0.2, 0.25) is 5.91 Å². The first-order valence-corrected chi connectivity index (χ1v) is 8.41. The molecule has 2 aliphatic rings. The maximum absolute atomic E-state index is 11.8. The van der Waals surface area contributed by atoms with Gasteiger partial charge in [-0.05, 0) is 25.0 Å². The third kappa shape index (κ3) is 2.83. The molecule has 2 aromatic rings. The van der Waals surface area contributed by atoms with Crippen LogP contribution in [0.5, 0.6) is 0 Å². The molecule has 1 aromatic heterocycles. The fraction of sp³-hybridized carbons (Fsp3) is 0.389. The minimum atomic E-state index is 0.101. The van der Waals surface area contributed by atoms with Gasteiger partial charge in [-0.2, -0.15) is 0 Å². The molecule has 118 valence electrons. The molecular weight excluding hydrogens is 310 g/mol. The Kier molecular flexibility index (Phi) is 3.57. The summed E-state index contributed by atoms with van der Waals surface area (Å²) in [5, 5.41) is 0.712. The van der Waals surface area contributed by atoms with Crippen LogP contribution in [-0.4, -0.2) is 27.3 Å². The van der Waals surface area contributed by atoms with E-state index < -0.39 is 0 Å². The van der Waals surface area contributed by atoms with E-state index in [0.717, 1.165) is 41.3 Å². The number of halogens is 1. The number of rotatable bonds is 2. The van der Waals surface area contributed by atoms with E-state index >= 15 is 0 Å². The summed E-state index contributed by atoms with van der Waals surface area (Å²) in [7, 11) is 0. The van der Waals surface area contributed by atoms with Crippen molar-refractivity contribution in [1.29, 1.82) is 0 Å². The molecule has 1 fully saturated rings. The van der Waals surface area contributed by atoms with Gasteiger partial charge in [0.15, 0.2) is 0 Å². The monoisotopic (exact) mass is 327 g/mol. The molecule has 0 radical (unpaired) electrons. The highest BCUT2D eigenvalue weighted by atomic mass is 35.5. The van der Waals surface area contributed by atoms with Crippen LogP contribution in [0.15, 0.2) is 24.3 Å². The number of aromatic nitrogens is 2. The van der Waals surface area contributed by atoms with Gasteiger partial charge >= 0.3 is 0 Å². The molecule has 23 heavy (non-hydrogen) atoms. The standard InChI is InChI=1S/C18H18ClN3O/c1-11(23)22-9-8-16-15(10-22)17(12-4-6-14(19)7-5-12)21-18(20-16)13-2-3-13/h4-7,13H,2-3,8-10H2,1H3. The maximum Gasteiger partial charge on any atom is 0.219 e. The fourth-order valence-electron chi connectivity index (χ4n) is 3.07. The summed E-state index contributed by atoms with van der Waals surface area (Å²) >= 11 is 6.01. The predicted octanol–water partition coefficient (Wildman–Crippen LogP) is 3.58. The number of hydrogen-bond acceptors (Lipinski definition) is 3. The van der Waals surface area contributed by atoms with Crippen molar-refractivity contribution in [2.24, 2.45) is 0 Å². The Balaban J connectivity index is 1.83. The number of carbonyl (C=O) groups excluding carboxylic acids is 1. The highest BCUT2D eigenvalue weighted by Crippen LogP contribution is 2.40. The van der Waals surface area contributed by atoms with Crippen molar-refractivity contribution < 1.29 is 4.79 Å². The van der Waals surface area contributed by atoms with E-state index in [1.54, 1.807) is 6.92 Å². The molecule has 0 spiro atoms. The van der Waals surface area contributed by atoms with Gasteiger partial charge in [-0.25, -0.2) is 9.97 Å².